The fourth-order valence-corrected chi connectivity index (χ4v) is 3.22. The van der Waals surface area contributed by atoms with E-state index in [1.807, 2.05) is 13.0 Å². The summed E-state index contributed by atoms with van der Waals surface area (Å²) in [5.74, 6) is 1.97. The Balaban J connectivity index is 1.80. The third kappa shape index (κ3) is 2.28. The molecule has 0 radical (unpaired) electrons. The van der Waals surface area contributed by atoms with Crippen molar-refractivity contribution in [3.63, 3.8) is 0 Å². The second-order valence-electron chi connectivity index (χ2n) is 5.92. The summed E-state index contributed by atoms with van der Waals surface area (Å²) in [7, 11) is 2.15. The van der Waals surface area contributed by atoms with Gasteiger partial charge in [0.2, 0.25) is 0 Å². The van der Waals surface area contributed by atoms with E-state index < -0.39 is 0 Å². The smallest absolute Gasteiger partial charge is 0.118 e. The molecule has 20 heavy (non-hydrogen) atoms. The quantitative estimate of drug-likeness (QED) is 0.928. The van der Waals surface area contributed by atoms with Crippen LogP contribution < -0.4 is 5.73 Å². The van der Waals surface area contributed by atoms with Gasteiger partial charge in [-0.05, 0) is 50.1 Å². The Morgan fingerprint density at radius 2 is 1.80 bits per heavy atom. The van der Waals surface area contributed by atoms with E-state index in [2.05, 4.69) is 42.3 Å². The third-order valence-electron chi connectivity index (χ3n) is 4.54. The van der Waals surface area contributed by atoms with Gasteiger partial charge in [0.05, 0.1) is 6.54 Å². The van der Waals surface area contributed by atoms with E-state index in [0.717, 1.165) is 30.9 Å². The number of nitrogens with zero attached hydrogens (tertiary/aromatic N) is 1. The van der Waals surface area contributed by atoms with Crippen molar-refractivity contribution in [2.24, 2.45) is 5.73 Å². The maximum absolute atomic E-state index is 6.14. The highest BCUT2D eigenvalue weighted by molar-refractivity contribution is 5.36. The van der Waals surface area contributed by atoms with Crippen LogP contribution in [0.2, 0.25) is 0 Å². The summed E-state index contributed by atoms with van der Waals surface area (Å²) in [6.45, 7) is 3.45. The molecular weight excluding hydrogens is 248 g/mol. The number of fused-ring (bicyclic) bond motifs is 1. The maximum atomic E-state index is 6.14. The van der Waals surface area contributed by atoms with Crippen LogP contribution in [0.3, 0.4) is 0 Å². The van der Waals surface area contributed by atoms with Gasteiger partial charge in [-0.3, -0.25) is 4.90 Å². The van der Waals surface area contributed by atoms with Crippen molar-refractivity contribution in [3.05, 3.63) is 59.0 Å². The molecule has 3 rings (SSSR count). The van der Waals surface area contributed by atoms with Crippen LogP contribution in [0.5, 0.6) is 0 Å². The van der Waals surface area contributed by atoms with E-state index in [9.17, 15) is 0 Å². The molecule has 0 bridgehead atoms. The first kappa shape index (κ1) is 13.4. The average molecular weight is 270 g/mol. The van der Waals surface area contributed by atoms with Crippen molar-refractivity contribution in [3.8, 4) is 0 Å². The number of nitrogens with two attached hydrogens (primary N) is 1. The van der Waals surface area contributed by atoms with Crippen LogP contribution in [-0.2, 0) is 19.4 Å². The molecule has 1 aromatic heterocycles. The molecule has 0 atom stereocenters. The van der Waals surface area contributed by atoms with E-state index in [-0.39, 0.29) is 5.54 Å². The molecule has 3 heteroatoms. The van der Waals surface area contributed by atoms with Crippen molar-refractivity contribution in [1.29, 1.82) is 0 Å². The van der Waals surface area contributed by atoms with Gasteiger partial charge in [-0.2, -0.15) is 0 Å². The normalized spacial score (nSPS) is 16.6. The highest BCUT2D eigenvalue weighted by atomic mass is 16.3. The molecule has 1 aliphatic carbocycles. The zero-order chi connectivity index (χ0) is 14.2. The summed E-state index contributed by atoms with van der Waals surface area (Å²) in [6, 6.07) is 12.7. The lowest BCUT2D eigenvalue weighted by molar-refractivity contribution is 0.118. The Kier molecular flexibility index (Phi) is 3.40. The molecule has 0 saturated carbocycles. The van der Waals surface area contributed by atoms with Crippen molar-refractivity contribution < 1.29 is 4.42 Å². The monoisotopic (exact) mass is 270 g/mol. The molecule has 1 aromatic carbocycles. The van der Waals surface area contributed by atoms with Crippen molar-refractivity contribution in [2.75, 3.05) is 13.6 Å². The maximum Gasteiger partial charge on any atom is 0.118 e. The zero-order valence-corrected chi connectivity index (χ0v) is 12.2. The molecule has 0 amide bonds. The summed E-state index contributed by atoms with van der Waals surface area (Å²) in [5, 5.41) is 0. The fourth-order valence-electron chi connectivity index (χ4n) is 3.22. The number of aryl methyl sites for hydroxylation is 1. The molecular formula is C17H22N2O. The van der Waals surface area contributed by atoms with E-state index in [0.29, 0.717) is 6.54 Å². The van der Waals surface area contributed by atoms with Gasteiger partial charge in [-0.15, -0.1) is 0 Å². The molecule has 1 heterocycles. The SMILES string of the molecule is Cc1ccc(CN(C)C2(CN)Cc3ccccc3C2)o1. The van der Waals surface area contributed by atoms with Gasteiger partial charge < -0.3 is 10.2 Å². The number of furan rings is 1. The van der Waals surface area contributed by atoms with Crippen molar-refractivity contribution in [2.45, 2.75) is 31.8 Å². The third-order valence-corrected chi connectivity index (χ3v) is 4.54. The molecule has 106 valence electrons. The molecule has 0 spiro atoms. The second kappa shape index (κ2) is 5.08. The molecule has 2 N–H and O–H groups in total. The lowest BCUT2D eigenvalue weighted by Crippen LogP contribution is -2.52. The minimum absolute atomic E-state index is 0.0182. The Morgan fingerprint density at radius 1 is 1.15 bits per heavy atom. The van der Waals surface area contributed by atoms with Gasteiger partial charge in [0.1, 0.15) is 11.5 Å². The van der Waals surface area contributed by atoms with E-state index >= 15 is 0 Å². The van der Waals surface area contributed by atoms with Gasteiger partial charge in [0, 0.05) is 12.1 Å². The lowest BCUT2D eigenvalue weighted by atomic mass is 9.93. The summed E-state index contributed by atoms with van der Waals surface area (Å²) in [5.41, 5.74) is 9.02. The van der Waals surface area contributed by atoms with Crippen LogP contribution in [0.25, 0.3) is 0 Å². The van der Waals surface area contributed by atoms with Crippen LogP contribution in [0.15, 0.2) is 40.8 Å². The van der Waals surface area contributed by atoms with E-state index in [1.54, 1.807) is 0 Å². The topological polar surface area (TPSA) is 42.4 Å². The Morgan fingerprint density at radius 3 is 2.30 bits per heavy atom. The molecule has 0 fully saturated rings. The standard InChI is InChI=1S/C17H22N2O/c1-13-7-8-16(20-13)11-19(2)17(12-18)9-14-5-3-4-6-15(14)10-17/h3-8H,9-12,18H2,1-2H3. The largest absolute Gasteiger partial charge is 0.465 e. The summed E-state index contributed by atoms with van der Waals surface area (Å²) >= 11 is 0. The first-order valence-corrected chi connectivity index (χ1v) is 7.16. The minimum atomic E-state index is 0.0182. The van der Waals surface area contributed by atoms with Gasteiger partial charge >= 0.3 is 0 Å². The Labute approximate surface area is 120 Å². The predicted molar refractivity (Wildman–Crippen MR) is 80.5 cm³/mol. The number of benzene rings is 1. The predicted octanol–water partition coefficient (Wildman–Crippen LogP) is 2.52. The van der Waals surface area contributed by atoms with Crippen LogP contribution in [0.1, 0.15) is 22.6 Å². The molecule has 0 unspecified atom stereocenters. The molecule has 1 aliphatic rings. The number of hydrogen-bond donors (Lipinski definition) is 1. The number of hydrogen-bond acceptors (Lipinski definition) is 3. The summed E-state index contributed by atoms with van der Waals surface area (Å²) in [4.78, 5) is 2.35. The van der Waals surface area contributed by atoms with Crippen LogP contribution in [-0.4, -0.2) is 24.0 Å². The van der Waals surface area contributed by atoms with Crippen LogP contribution in [0, 0.1) is 6.92 Å². The van der Waals surface area contributed by atoms with Gasteiger partial charge in [-0.25, -0.2) is 0 Å². The summed E-state index contributed by atoms with van der Waals surface area (Å²) in [6.07, 6.45) is 2.05. The first-order chi connectivity index (χ1) is 9.63. The summed E-state index contributed by atoms with van der Waals surface area (Å²) < 4.78 is 5.70. The number of rotatable bonds is 4. The van der Waals surface area contributed by atoms with Crippen molar-refractivity contribution >= 4 is 0 Å². The Bertz CT molecular complexity index is 578. The zero-order valence-electron chi connectivity index (χ0n) is 12.2. The highest BCUT2D eigenvalue weighted by Crippen LogP contribution is 2.34. The minimum Gasteiger partial charge on any atom is -0.465 e. The fraction of sp³-hybridized carbons (Fsp3) is 0.412. The van der Waals surface area contributed by atoms with E-state index in [4.69, 9.17) is 10.2 Å². The molecule has 0 saturated heterocycles. The van der Waals surface area contributed by atoms with Gasteiger partial charge in [-0.1, -0.05) is 24.3 Å². The van der Waals surface area contributed by atoms with Crippen LogP contribution >= 0.6 is 0 Å². The van der Waals surface area contributed by atoms with Gasteiger partial charge in [0.25, 0.3) is 0 Å². The highest BCUT2D eigenvalue weighted by Gasteiger charge is 2.39. The first-order valence-electron chi connectivity index (χ1n) is 7.16. The van der Waals surface area contributed by atoms with E-state index in [1.165, 1.54) is 11.1 Å². The molecule has 0 aliphatic heterocycles. The van der Waals surface area contributed by atoms with Crippen LogP contribution in [0.4, 0.5) is 0 Å². The molecule has 3 nitrogen and oxygen atoms in total. The number of likely N-dealkylation sites (N-methyl/N-ethyl adjacent to an activating group) is 1. The lowest BCUT2D eigenvalue weighted by Gasteiger charge is -2.37. The van der Waals surface area contributed by atoms with Crippen molar-refractivity contribution in [1.82, 2.24) is 4.90 Å². The van der Waals surface area contributed by atoms with Gasteiger partial charge in [0.15, 0.2) is 0 Å². The average Bonchev–Trinajstić information content (AvgIpc) is 3.02. The Hall–Kier alpha value is -1.58. The molecule has 2 aromatic rings. The second-order valence-corrected chi connectivity index (χ2v) is 5.92.